The molecule has 0 saturated carbocycles. The van der Waals surface area contributed by atoms with E-state index in [1.165, 1.54) is 0 Å². The molecule has 1 heterocycles. The second kappa shape index (κ2) is 4.90. The van der Waals surface area contributed by atoms with Crippen molar-refractivity contribution < 1.29 is 22.7 Å². The molecule has 104 valence electrons. The molecule has 0 spiro atoms. The van der Waals surface area contributed by atoms with E-state index in [-0.39, 0.29) is 17.4 Å². The van der Waals surface area contributed by atoms with Gasteiger partial charge >= 0.3 is 5.97 Å². The minimum Gasteiger partial charge on any atom is -0.480 e. The Labute approximate surface area is 110 Å². The molecule has 2 atom stereocenters. The fourth-order valence-corrected chi connectivity index (χ4v) is 3.98. The van der Waals surface area contributed by atoms with Gasteiger partial charge in [-0.05, 0) is 36.6 Å². The Hall–Kier alpha value is -1.47. The van der Waals surface area contributed by atoms with Crippen molar-refractivity contribution in [3.63, 3.8) is 0 Å². The number of rotatable bonds is 3. The van der Waals surface area contributed by atoms with Crippen molar-refractivity contribution in [2.24, 2.45) is 5.92 Å². The molecule has 7 heteroatoms. The summed E-state index contributed by atoms with van der Waals surface area (Å²) in [5, 5.41) is 9.14. The van der Waals surface area contributed by atoms with Crippen LogP contribution < -0.4 is 0 Å². The van der Waals surface area contributed by atoms with E-state index in [9.17, 15) is 17.6 Å². The number of sulfonamides is 1. The Morgan fingerprint density at radius 3 is 2.47 bits per heavy atom. The SMILES string of the molecule is CC1CCN(S(=O)(=O)c2ccc(F)cc2)C1C(=O)O. The van der Waals surface area contributed by atoms with Gasteiger partial charge in [-0.25, -0.2) is 12.8 Å². The molecule has 1 fully saturated rings. The fourth-order valence-electron chi connectivity index (χ4n) is 2.29. The standard InChI is InChI=1S/C12H14FNO4S/c1-8-6-7-14(11(8)12(15)16)19(17,18)10-4-2-9(13)3-5-10/h2-5,8,11H,6-7H2,1H3,(H,15,16). The Bertz CT molecular complexity index is 584. The van der Waals surface area contributed by atoms with Crippen LogP contribution in [0.2, 0.25) is 0 Å². The number of halogens is 1. The predicted molar refractivity (Wildman–Crippen MR) is 65.5 cm³/mol. The van der Waals surface area contributed by atoms with Crippen LogP contribution in [0.4, 0.5) is 4.39 Å². The van der Waals surface area contributed by atoms with Gasteiger partial charge in [-0.1, -0.05) is 6.92 Å². The van der Waals surface area contributed by atoms with Gasteiger partial charge in [-0.15, -0.1) is 0 Å². The van der Waals surface area contributed by atoms with Crippen LogP contribution in [0.25, 0.3) is 0 Å². The molecule has 5 nitrogen and oxygen atoms in total. The number of aliphatic carboxylic acids is 1. The summed E-state index contributed by atoms with van der Waals surface area (Å²) in [6.45, 7) is 1.87. The van der Waals surface area contributed by atoms with Crippen molar-refractivity contribution in [3.8, 4) is 0 Å². The molecule has 2 rings (SSSR count). The lowest BCUT2D eigenvalue weighted by atomic mass is 10.0. The zero-order valence-corrected chi connectivity index (χ0v) is 11.1. The first-order valence-corrected chi connectivity index (χ1v) is 7.28. The van der Waals surface area contributed by atoms with E-state index in [1.54, 1.807) is 6.92 Å². The van der Waals surface area contributed by atoms with E-state index >= 15 is 0 Å². The molecule has 1 N–H and O–H groups in total. The molecule has 1 aromatic carbocycles. The van der Waals surface area contributed by atoms with Crippen molar-refractivity contribution in [3.05, 3.63) is 30.1 Å². The van der Waals surface area contributed by atoms with Crippen LogP contribution in [0.1, 0.15) is 13.3 Å². The number of nitrogens with zero attached hydrogens (tertiary/aromatic N) is 1. The lowest BCUT2D eigenvalue weighted by Gasteiger charge is -2.22. The summed E-state index contributed by atoms with van der Waals surface area (Å²) in [5.74, 6) is -1.94. The largest absolute Gasteiger partial charge is 0.480 e. The lowest BCUT2D eigenvalue weighted by molar-refractivity contribution is -0.141. The monoisotopic (exact) mass is 287 g/mol. The van der Waals surface area contributed by atoms with Crippen LogP contribution >= 0.6 is 0 Å². The van der Waals surface area contributed by atoms with Crippen LogP contribution in [0.15, 0.2) is 29.2 Å². The minimum atomic E-state index is -3.90. The van der Waals surface area contributed by atoms with Gasteiger partial charge in [0, 0.05) is 6.54 Å². The Morgan fingerprint density at radius 1 is 1.37 bits per heavy atom. The molecule has 0 aliphatic carbocycles. The maximum absolute atomic E-state index is 12.8. The summed E-state index contributed by atoms with van der Waals surface area (Å²) in [6, 6.07) is 3.32. The van der Waals surface area contributed by atoms with Crippen LogP contribution in [0, 0.1) is 11.7 Å². The zero-order valence-electron chi connectivity index (χ0n) is 10.3. The van der Waals surface area contributed by atoms with Crippen LogP contribution in [-0.2, 0) is 14.8 Å². The lowest BCUT2D eigenvalue weighted by Crippen LogP contribution is -2.42. The highest BCUT2D eigenvalue weighted by molar-refractivity contribution is 7.89. The Kier molecular flexibility index (Phi) is 3.60. The van der Waals surface area contributed by atoms with Gasteiger partial charge in [-0.2, -0.15) is 4.31 Å². The number of carboxylic acids is 1. The minimum absolute atomic E-state index is 0.0887. The molecule has 0 bridgehead atoms. The Morgan fingerprint density at radius 2 is 1.95 bits per heavy atom. The molecule has 1 aliphatic heterocycles. The second-order valence-corrected chi connectivity index (χ2v) is 6.51. The average molecular weight is 287 g/mol. The summed E-state index contributed by atoms with van der Waals surface area (Å²) >= 11 is 0. The molecule has 2 unspecified atom stereocenters. The highest BCUT2D eigenvalue weighted by atomic mass is 32.2. The summed E-state index contributed by atoms with van der Waals surface area (Å²) < 4.78 is 38.5. The second-order valence-electron chi connectivity index (χ2n) is 4.62. The van der Waals surface area contributed by atoms with E-state index in [2.05, 4.69) is 0 Å². The van der Waals surface area contributed by atoms with Gasteiger partial charge in [0.25, 0.3) is 0 Å². The number of carboxylic acid groups (broad SMARTS) is 1. The zero-order chi connectivity index (χ0) is 14.2. The smallest absolute Gasteiger partial charge is 0.322 e. The van der Waals surface area contributed by atoms with Crippen LogP contribution in [-0.4, -0.2) is 36.4 Å². The summed E-state index contributed by atoms with van der Waals surface area (Å²) in [5.41, 5.74) is 0. The van der Waals surface area contributed by atoms with Gasteiger partial charge in [0.1, 0.15) is 11.9 Å². The maximum atomic E-state index is 12.8. The highest BCUT2D eigenvalue weighted by Crippen LogP contribution is 2.30. The quantitative estimate of drug-likeness (QED) is 0.909. The summed E-state index contributed by atoms with van der Waals surface area (Å²) in [4.78, 5) is 11.1. The van der Waals surface area contributed by atoms with E-state index < -0.39 is 27.9 Å². The van der Waals surface area contributed by atoms with Gasteiger partial charge in [-0.3, -0.25) is 4.79 Å². The average Bonchev–Trinajstić information content (AvgIpc) is 2.72. The van der Waals surface area contributed by atoms with E-state index in [0.29, 0.717) is 6.42 Å². The van der Waals surface area contributed by atoms with Crippen molar-refractivity contribution in [1.82, 2.24) is 4.31 Å². The molecule has 1 saturated heterocycles. The first-order valence-electron chi connectivity index (χ1n) is 5.84. The van der Waals surface area contributed by atoms with Gasteiger partial charge in [0.05, 0.1) is 4.90 Å². The number of hydrogen-bond acceptors (Lipinski definition) is 3. The van der Waals surface area contributed by atoms with Crippen LogP contribution in [0.5, 0.6) is 0 Å². The molecular weight excluding hydrogens is 273 g/mol. The topological polar surface area (TPSA) is 74.7 Å². The predicted octanol–water partition coefficient (Wildman–Crippen LogP) is 1.31. The maximum Gasteiger partial charge on any atom is 0.322 e. The van der Waals surface area contributed by atoms with Crippen molar-refractivity contribution >= 4 is 16.0 Å². The van der Waals surface area contributed by atoms with Gasteiger partial charge in [0.2, 0.25) is 10.0 Å². The van der Waals surface area contributed by atoms with Gasteiger partial charge in [0.15, 0.2) is 0 Å². The first kappa shape index (κ1) is 14.0. The third-order valence-corrected chi connectivity index (χ3v) is 5.22. The Balaban J connectivity index is 2.39. The van der Waals surface area contributed by atoms with Crippen molar-refractivity contribution in [1.29, 1.82) is 0 Å². The van der Waals surface area contributed by atoms with E-state index in [4.69, 9.17) is 5.11 Å². The van der Waals surface area contributed by atoms with E-state index in [0.717, 1.165) is 28.6 Å². The normalized spacial score (nSPS) is 24.5. The third-order valence-electron chi connectivity index (χ3n) is 3.33. The molecule has 1 aliphatic rings. The highest BCUT2D eigenvalue weighted by Gasteiger charge is 2.43. The third kappa shape index (κ3) is 2.48. The molecule has 0 radical (unpaired) electrons. The van der Waals surface area contributed by atoms with Crippen LogP contribution in [0.3, 0.4) is 0 Å². The molecule has 1 aromatic rings. The fraction of sp³-hybridized carbons (Fsp3) is 0.417. The molecule has 19 heavy (non-hydrogen) atoms. The van der Waals surface area contributed by atoms with Crippen molar-refractivity contribution in [2.75, 3.05) is 6.54 Å². The summed E-state index contributed by atoms with van der Waals surface area (Å²) in [6.07, 6.45) is 0.497. The summed E-state index contributed by atoms with van der Waals surface area (Å²) in [7, 11) is -3.90. The number of carbonyl (C=O) groups is 1. The molecule has 0 aromatic heterocycles. The first-order chi connectivity index (χ1) is 8.84. The molecule has 0 amide bonds. The number of benzene rings is 1. The molecular formula is C12H14FNO4S. The van der Waals surface area contributed by atoms with Gasteiger partial charge < -0.3 is 5.11 Å². The number of hydrogen-bond donors (Lipinski definition) is 1. The van der Waals surface area contributed by atoms with E-state index in [1.807, 2.05) is 0 Å². The van der Waals surface area contributed by atoms with Crippen molar-refractivity contribution in [2.45, 2.75) is 24.3 Å².